The zero-order valence-corrected chi connectivity index (χ0v) is 16.6. The van der Waals surface area contributed by atoms with E-state index in [-0.39, 0.29) is 23.5 Å². The number of halogens is 1. The van der Waals surface area contributed by atoms with Crippen LogP contribution < -0.4 is 10.6 Å². The molecule has 0 spiro atoms. The van der Waals surface area contributed by atoms with E-state index in [2.05, 4.69) is 15.6 Å². The van der Waals surface area contributed by atoms with Crippen molar-refractivity contribution in [2.75, 3.05) is 10.6 Å². The Morgan fingerprint density at radius 3 is 2.13 bits per heavy atom. The summed E-state index contributed by atoms with van der Waals surface area (Å²) in [6, 6.07) is 19.9. The minimum atomic E-state index is -0.418. The second-order valence-corrected chi connectivity index (χ2v) is 6.77. The van der Waals surface area contributed by atoms with Crippen LogP contribution in [0.5, 0.6) is 0 Å². The van der Waals surface area contributed by atoms with Gasteiger partial charge in [0, 0.05) is 23.9 Å². The summed E-state index contributed by atoms with van der Waals surface area (Å²) in [6.07, 6.45) is 1.43. The molecule has 0 saturated carbocycles. The molecule has 2 amide bonds. The lowest BCUT2D eigenvalue weighted by molar-refractivity contribution is -0.114. The van der Waals surface area contributed by atoms with Gasteiger partial charge in [0.1, 0.15) is 5.82 Å². The van der Waals surface area contributed by atoms with Crippen LogP contribution in [0, 0.1) is 5.82 Å². The van der Waals surface area contributed by atoms with E-state index in [4.69, 9.17) is 4.42 Å². The van der Waals surface area contributed by atoms with E-state index in [1.165, 1.54) is 19.2 Å². The van der Waals surface area contributed by atoms with Crippen molar-refractivity contribution in [1.29, 1.82) is 0 Å². The minimum absolute atomic E-state index is 0.175. The summed E-state index contributed by atoms with van der Waals surface area (Å²) in [5.74, 6) is -0.458. The normalized spacial score (nSPS) is 10.5. The number of carbonyl (C=O) groups is 2. The molecule has 0 fully saturated rings. The molecule has 2 N–H and O–H groups in total. The number of nitrogens with one attached hydrogen (secondary N) is 2. The molecule has 0 aliphatic rings. The van der Waals surface area contributed by atoms with Crippen molar-refractivity contribution in [2.24, 2.45) is 0 Å². The molecular weight excluding hydrogens is 397 g/mol. The van der Waals surface area contributed by atoms with Crippen molar-refractivity contribution >= 4 is 23.2 Å². The molecule has 31 heavy (non-hydrogen) atoms. The van der Waals surface area contributed by atoms with Gasteiger partial charge < -0.3 is 15.1 Å². The molecule has 3 aromatic carbocycles. The van der Waals surface area contributed by atoms with Crippen LogP contribution in [0.3, 0.4) is 0 Å². The number of rotatable bonds is 5. The maximum absolute atomic E-state index is 14.1. The van der Waals surface area contributed by atoms with Gasteiger partial charge in [-0.25, -0.2) is 9.37 Å². The summed E-state index contributed by atoms with van der Waals surface area (Å²) in [7, 11) is 0. The molecule has 0 radical (unpaired) electrons. The first-order valence-corrected chi connectivity index (χ1v) is 9.50. The molecule has 154 valence electrons. The highest BCUT2D eigenvalue weighted by atomic mass is 19.1. The largest absolute Gasteiger partial charge is 0.436 e. The monoisotopic (exact) mass is 415 g/mol. The van der Waals surface area contributed by atoms with E-state index in [0.717, 1.165) is 0 Å². The number of oxazole rings is 1. The highest BCUT2D eigenvalue weighted by molar-refractivity contribution is 6.08. The molecule has 0 aliphatic carbocycles. The van der Waals surface area contributed by atoms with Gasteiger partial charge in [-0.05, 0) is 48.5 Å². The Labute approximate surface area is 177 Å². The van der Waals surface area contributed by atoms with Crippen LogP contribution in [0.2, 0.25) is 0 Å². The van der Waals surface area contributed by atoms with Crippen LogP contribution in [-0.2, 0) is 4.79 Å². The summed E-state index contributed by atoms with van der Waals surface area (Å²) < 4.78 is 19.8. The van der Waals surface area contributed by atoms with E-state index in [1.807, 2.05) is 0 Å². The number of hydrogen-bond donors (Lipinski definition) is 2. The van der Waals surface area contributed by atoms with Crippen molar-refractivity contribution in [1.82, 2.24) is 4.98 Å². The molecule has 1 heterocycles. The lowest BCUT2D eigenvalue weighted by Crippen LogP contribution is -2.13. The topological polar surface area (TPSA) is 84.2 Å². The Kier molecular flexibility index (Phi) is 5.57. The van der Waals surface area contributed by atoms with Gasteiger partial charge in [-0.15, -0.1) is 0 Å². The molecule has 1 aromatic heterocycles. The van der Waals surface area contributed by atoms with E-state index in [1.54, 1.807) is 66.7 Å². The number of aromatic nitrogens is 1. The number of benzene rings is 3. The molecular formula is C24H18FN3O3. The molecule has 0 saturated heterocycles. The van der Waals surface area contributed by atoms with E-state index >= 15 is 0 Å². The molecule has 6 nitrogen and oxygen atoms in total. The third kappa shape index (κ3) is 4.51. The van der Waals surface area contributed by atoms with Gasteiger partial charge in [0.15, 0.2) is 5.76 Å². The first-order valence-electron chi connectivity index (χ1n) is 9.50. The molecule has 0 unspecified atom stereocenters. The first-order chi connectivity index (χ1) is 15.0. The van der Waals surface area contributed by atoms with Crippen molar-refractivity contribution in [3.8, 4) is 22.8 Å². The number of carbonyl (C=O) groups excluding carboxylic acids is 2. The van der Waals surface area contributed by atoms with Gasteiger partial charge in [-0.1, -0.05) is 24.3 Å². The second kappa shape index (κ2) is 8.62. The van der Waals surface area contributed by atoms with Crippen LogP contribution in [0.15, 0.2) is 83.4 Å². The molecule has 7 heteroatoms. The van der Waals surface area contributed by atoms with Crippen LogP contribution >= 0.6 is 0 Å². The standard InChI is InChI=1S/C24H18FN3O3/c1-15(29)27-16-10-12-17(13-11-16)28-23(30)18-6-2-3-7-19(18)24-26-14-22(31-24)20-8-4-5-9-21(20)25/h2-14H,1H3,(H,27,29)(H,28,30). The quantitative estimate of drug-likeness (QED) is 0.460. The van der Waals surface area contributed by atoms with Gasteiger partial charge in [-0.3, -0.25) is 9.59 Å². The van der Waals surface area contributed by atoms with Gasteiger partial charge in [0.05, 0.1) is 17.3 Å². The highest BCUT2D eigenvalue weighted by Crippen LogP contribution is 2.30. The number of nitrogens with zero attached hydrogens (tertiary/aromatic N) is 1. The molecule has 0 atom stereocenters. The summed E-state index contributed by atoms with van der Waals surface area (Å²) in [5, 5.41) is 5.48. The average molecular weight is 415 g/mol. The average Bonchev–Trinajstić information content (AvgIpc) is 3.25. The number of amides is 2. The third-order valence-electron chi connectivity index (χ3n) is 4.51. The zero-order valence-electron chi connectivity index (χ0n) is 16.6. The van der Waals surface area contributed by atoms with Gasteiger partial charge >= 0.3 is 0 Å². The summed E-state index contributed by atoms with van der Waals surface area (Å²) in [5.41, 5.74) is 2.33. The molecule has 4 rings (SSSR count). The molecule has 0 aliphatic heterocycles. The van der Waals surface area contributed by atoms with Crippen LogP contribution in [0.4, 0.5) is 15.8 Å². The predicted molar refractivity (Wildman–Crippen MR) is 116 cm³/mol. The van der Waals surface area contributed by atoms with Crippen molar-refractivity contribution < 1.29 is 18.4 Å². The van der Waals surface area contributed by atoms with Gasteiger partial charge in [0.25, 0.3) is 5.91 Å². The Hall–Kier alpha value is -4.26. The highest BCUT2D eigenvalue weighted by Gasteiger charge is 2.18. The summed E-state index contributed by atoms with van der Waals surface area (Å²) >= 11 is 0. The zero-order chi connectivity index (χ0) is 21.8. The van der Waals surface area contributed by atoms with E-state index in [9.17, 15) is 14.0 Å². The second-order valence-electron chi connectivity index (χ2n) is 6.77. The van der Waals surface area contributed by atoms with Crippen molar-refractivity contribution in [2.45, 2.75) is 6.92 Å². The van der Waals surface area contributed by atoms with Gasteiger partial charge in [-0.2, -0.15) is 0 Å². The summed E-state index contributed by atoms with van der Waals surface area (Å²) in [4.78, 5) is 28.3. The Morgan fingerprint density at radius 1 is 0.839 bits per heavy atom. The molecule has 0 bridgehead atoms. The minimum Gasteiger partial charge on any atom is -0.436 e. The SMILES string of the molecule is CC(=O)Nc1ccc(NC(=O)c2ccccc2-c2ncc(-c3ccccc3F)o2)cc1. The lowest BCUT2D eigenvalue weighted by atomic mass is 10.1. The third-order valence-corrected chi connectivity index (χ3v) is 4.51. The first kappa shape index (κ1) is 20.0. The number of anilines is 2. The fraction of sp³-hybridized carbons (Fsp3) is 0.0417. The van der Waals surface area contributed by atoms with Crippen molar-refractivity contribution in [3.05, 3.63) is 90.4 Å². The fourth-order valence-electron chi connectivity index (χ4n) is 3.09. The summed E-state index contributed by atoms with van der Waals surface area (Å²) in [6.45, 7) is 1.42. The Morgan fingerprint density at radius 2 is 1.45 bits per heavy atom. The lowest BCUT2D eigenvalue weighted by Gasteiger charge is -2.09. The van der Waals surface area contributed by atoms with Gasteiger partial charge in [0.2, 0.25) is 11.8 Å². The van der Waals surface area contributed by atoms with Crippen LogP contribution in [-0.4, -0.2) is 16.8 Å². The fourth-order valence-corrected chi connectivity index (χ4v) is 3.09. The Bertz CT molecular complexity index is 1250. The predicted octanol–water partition coefficient (Wildman–Crippen LogP) is 5.36. The van der Waals surface area contributed by atoms with Crippen molar-refractivity contribution in [3.63, 3.8) is 0 Å². The van der Waals surface area contributed by atoms with E-state index in [0.29, 0.717) is 28.1 Å². The smallest absolute Gasteiger partial charge is 0.256 e. The Balaban J connectivity index is 1.58. The van der Waals surface area contributed by atoms with Crippen LogP contribution in [0.1, 0.15) is 17.3 Å². The van der Waals surface area contributed by atoms with Crippen LogP contribution in [0.25, 0.3) is 22.8 Å². The maximum atomic E-state index is 14.1. The molecule has 4 aromatic rings. The number of hydrogen-bond acceptors (Lipinski definition) is 4. The maximum Gasteiger partial charge on any atom is 0.256 e. The van der Waals surface area contributed by atoms with E-state index < -0.39 is 5.82 Å².